The smallest absolute Gasteiger partial charge is 0.166 e. The lowest BCUT2D eigenvalue weighted by atomic mass is 10.1. The van der Waals surface area contributed by atoms with Crippen LogP contribution in [0.2, 0.25) is 5.02 Å². The highest BCUT2D eigenvalue weighted by molar-refractivity contribution is 6.30. The Bertz CT molecular complexity index is 974. The van der Waals surface area contributed by atoms with Gasteiger partial charge in [-0.3, -0.25) is 0 Å². The number of anilines is 2. The highest BCUT2D eigenvalue weighted by atomic mass is 35.5. The van der Waals surface area contributed by atoms with Gasteiger partial charge in [0.15, 0.2) is 11.5 Å². The average molecular weight is 439 g/mol. The molecule has 1 saturated heterocycles. The summed E-state index contributed by atoms with van der Waals surface area (Å²) in [6.45, 7) is 4.44. The Labute approximate surface area is 188 Å². The van der Waals surface area contributed by atoms with Crippen LogP contribution in [0.1, 0.15) is 11.1 Å². The van der Waals surface area contributed by atoms with Gasteiger partial charge in [0.1, 0.15) is 6.61 Å². The van der Waals surface area contributed by atoms with Gasteiger partial charge in [0.05, 0.1) is 20.3 Å². The van der Waals surface area contributed by atoms with Gasteiger partial charge >= 0.3 is 0 Å². The van der Waals surface area contributed by atoms with Crippen molar-refractivity contribution < 1.29 is 14.2 Å². The van der Waals surface area contributed by atoms with Crippen LogP contribution in [0, 0.1) is 0 Å². The molecule has 1 fully saturated rings. The number of rotatable bonds is 8. The van der Waals surface area contributed by atoms with E-state index in [1.54, 1.807) is 13.2 Å². The summed E-state index contributed by atoms with van der Waals surface area (Å²) in [4.78, 5) is 2.34. The molecule has 31 heavy (non-hydrogen) atoms. The number of hydrogen-bond donors (Lipinski definition) is 1. The van der Waals surface area contributed by atoms with E-state index in [-0.39, 0.29) is 0 Å². The van der Waals surface area contributed by atoms with E-state index in [1.807, 2.05) is 36.4 Å². The number of nitrogens with one attached hydrogen (secondary N) is 1. The average Bonchev–Trinajstić information content (AvgIpc) is 2.83. The van der Waals surface area contributed by atoms with Crippen LogP contribution in [0.3, 0.4) is 0 Å². The lowest BCUT2D eigenvalue weighted by Crippen LogP contribution is -2.36. The third-order valence-electron chi connectivity index (χ3n) is 5.27. The molecule has 3 aromatic carbocycles. The van der Waals surface area contributed by atoms with Gasteiger partial charge in [-0.1, -0.05) is 41.9 Å². The summed E-state index contributed by atoms with van der Waals surface area (Å²) in [5.74, 6) is 1.33. The Hall–Kier alpha value is -2.89. The molecule has 162 valence electrons. The van der Waals surface area contributed by atoms with E-state index in [0.717, 1.165) is 43.1 Å². The van der Waals surface area contributed by atoms with Crippen molar-refractivity contribution in [3.05, 3.63) is 82.9 Å². The predicted octanol–water partition coefficient (Wildman–Crippen LogP) is 5.38. The number of hydrogen-bond acceptors (Lipinski definition) is 5. The van der Waals surface area contributed by atoms with E-state index in [0.29, 0.717) is 29.7 Å². The largest absolute Gasteiger partial charge is 0.493 e. The van der Waals surface area contributed by atoms with Crippen LogP contribution in [0.15, 0.2) is 66.7 Å². The van der Waals surface area contributed by atoms with Crippen molar-refractivity contribution in [1.82, 2.24) is 0 Å². The maximum Gasteiger partial charge on any atom is 0.166 e. The topological polar surface area (TPSA) is 43.0 Å². The first-order chi connectivity index (χ1) is 15.2. The van der Waals surface area contributed by atoms with E-state index in [1.165, 1.54) is 5.69 Å². The SMILES string of the molecule is COc1cc(Cl)cc(CNc2ccc(N3CCOCC3)cc2)c1OCc1ccccc1. The molecular weight excluding hydrogens is 412 g/mol. The molecular formula is C25H27ClN2O3. The maximum absolute atomic E-state index is 6.33. The summed E-state index contributed by atoms with van der Waals surface area (Å²) in [6, 6.07) is 22.2. The first kappa shape index (κ1) is 21.3. The Morgan fingerprint density at radius 3 is 2.45 bits per heavy atom. The fourth-order valence-corrected chi connectivity index (χ4v) is 3.84. The van der Waals surface area contributed by atoms with Crippen LogP contribution < -0.4 is 19.7 Å². The molecule has 0 amide bonds. The zero-order valence-electron chi connectivity index (χ0n) is 17.6. The minimum absolute atomic E-state index is 0.458. The summed E-state index contributed by atoms with van der Waals surface area (Å²) in [6.07, 6.45) is 0. The Morgan fingerprint density at radius 1 is 1.00 bits per heavy atom. The molecule has 1 N–H and O–H groups in total. The number of methoxy groups -OCH3 is 1. The molecule has 1 aliphatic heterocycles. The molecule has 6 heteroatoms. The normalized spacial score (nSPS) is 13.7. The molecule has 0 aromatic heterocycles. The van der Waals surface area contributed by atoms with Gasteiger partial charge in [-0.15, -0.1) is 0 Å². The number of nitrogens with zero attached hydrogens (tertiary/aromatic N) is 1. The third-order valence-corrected chi connectivity index (χ3v) is 5.49. The van der Waals surface area contributed by atoms with Crippen LogP contribution in [0.5, 0.6) is 11.5 Å². The summed E-state index contributed by atoms with van der Waals surface area (Å²) in [5, 5.41) is 4.09. The van der Waals surface area contributed by atoms with Gasteiger partial charge in [-0.05, 0) is 35.9 Å². The summed E-state index contributed by atoms with van der Waals surface area (Å²) >= 11 is 6.33. The van der Waals surface area contributed by atoms with E-state index >= 15 is 0 Å². The molecule has 4 rings (SSSR count). The summed E-state index contributed by atoms with van der Waals surface area (Å²) in [5.41, 5.74) is 4.28. The van der Waals surface area contributed by atoms with Gasteiger partial charge < -0.3 is 24.4 Å². The lowest BCUT2D eigenvalue weighted by molar-refractivity contribution is 0.122. The van der Waals surface area contributed by atoms with Crippen LogP contribution in [-0.4, -0.2) is 33.4 Å². The van der Waals surface area contributed by atoms with Crippen molar-refractivity contribution in [3.8, 4) is 11.5 Å². The molecule has 0 saturated carbocycles. The first-order valence-corrected chi connectivity index (χ1v) is 10.8. The molecule has 0 atom stereocenters. The van der Waals surface area contributed by atoms with Gasteiger partial charge in [0.2, 0.25) is 0 Å². The first-order valence-electron chi connectivity index (χ1n) is 10.4. The minimum atomic E-state index is 0.458. The van der Waals surface area contributed by atoms with Gasteiger partial charge in [0.25, 0.3) is 0 Å². The molecule has 3 aromatic rings. The Kier molecular flexibility index (Phi) is 7.18. The van der Waals surface area contributed by atoms with Crippen molar-refractivity contribution in [1.29, 1.82) is 0 Å². The molecule has 1 aliphatic rings. The highest BCUT2D eigenvalue weighted by Crippen LogP contribution is 2.36. The zero-order valence-corrected chi connectivity index (χ0v) is 18.4. The predicted molar refractivity (Wildman–Crippen MR) is 126 cm³/mol. The molecule has 0 radical (unpaired) electrons. The second kappa shape index (κ2) is 10.4. The zero-order chi connectivity index (χ0) is 21.5. The maximum atomic E-state index is 6.33. The van der Waals surface area contributed by atoms with E-state index < -0.39 is 0 Å². The molecule has 0 aliphatic carbocycles. The van der Waals surface area contributed by atoms with Crippen molar-refractivity contribution in [2.75, 3.05) is 43.6 Å². The summed E-state index contributed by atoms with van der Waals surface area (Å²) < 4.78 is 17.1. The third kappa shape index (κ3) is 5.63. The second-order valence-electron chi connectivity index (χ2n) is 7.37. The van der Waals surface area contributed by atoms with Gasteiger partial charge in [-0.25, -0.2) is 0 Å². The van der Waals surface area contributed by atoms with E-state index in [9.17, 15) is 0 Å². The molecule has 0 unspecified atom stereocenters. The number of ether oxygens (including phenoxy) is 3. The monoisotopic (exact) mass is 438 g/mol. The van der Waals surface area contributed by atoms with Crippen molar-refractivity contribution in [2.24, 2.45) is 0 Å². The highest BCUT2D eigenvalue weighted by Gasteiger charge is 2.14. The molecule has 0 spiro atoms. The molecule has 5 nitrogen and oxygen atoms in total. The molecule has 1 heterocycles. The van der Waals surface area contributed by atoms with Gasteiger partial charge in [0, 0.05) is 47.7 Å². The molecule has 0 bridgehead atoms. The second-order valence-corrected chi connectivity index (χ2v) is 7.81. The lowest BCUT2D eigenvalue weighted by Gasteiger charge is -2.29. The van der Waals surface area contributed by atoms with Gasteiger partial charge in [-0.2, -0.15) is 0 Å². The van der Waals surface area contributed by atoms with E-state index in [4.69, 9.17) is 25.8 Å². The van der Waals surface area contributed by atoms with E-state index in [2.05, 4.69) is 34.5 Å². The van der Waals surface area contributed by atoms with Crippen LogP contribution in [-0.2, 0) is 17.9 Å². The van der Waals surface area contributed by atoms with Crippen molar-refractivity contribution in [3.63, 3.8) is 0 Å². The standard InChI is InChI=1S/C25H27ClN2O3/c1-29-24-16-21(26)15-20(25(24)31-18-19-5-3-2-4-6-19)17-27-22-7-9-23(10-8-22)28-11-13-30-14-12-28/h2-10,15-16,27H,11-14,17-18H2,1H3. The van der Waals surface area contributed by atoms with Crippen LogP contribution >= 0.6 is 11.6 Å². The quantitative estimate of drug-likeness (QED) is 0.511. The van der Waals surface area contributed by atoms with Crippen LogP contribution in [0.4, 0.5) is 11.4 Å². The summed E-state index contributed by atoms with van der Waals surface area (Å²) in [7, 11) is 1.63. The number of benzene rings is 3. The minimum Gasteiger partial charge on any atom is -0.493 e. The Balaban J connectivity index is 1.46. The van der Waals surface area contributed by atoms with Crippen molar-refractivity contribution >= 4 is 23.0 Å². The Morgan fingerprint density at radius 2 is 1.74 bits per heavy atom. The fraction of sp³-hybridized carbons (Fsp3) is 0.280. The van der Waals surface area contributed by atoms with Crippen LogP contribution in [0.25, 0.3) is 0 Å². The van der Waals surface area contributed by atoms with Crippen molar-refractivity contribution in [2.45, 2.75) is 13.2 Å². The number of morpholine rings is 1. The fourth-order valence-electron chi connectivity index (χ4n) is 3.61. The number of halogens is 1.